The Labute approximate surface area is 214 Å². The van der Waals surface area contributed by atoms with Gasteiger partial charge < -0.3 is 19.7 Å². The van der Waals surface area contributed by atoms with E-state index in [-0.39, 0.29) is 11.5 Å². The third kappa shape index (κ3) is 5.49. The van der Waals surface area contributed by atoms with Gasteiger partial charge in [0.2, 0.25) is 0 Å². The number of hydrogen-bond donors (Lipinski definition) is 2. The van der Waals surface area contributed by atoms with Crippen LogP contribution in [0.15, 0.2) is 60.0 Å². The van der Waals surface area contributed by atoms with Crippen molar-refractivity contribution in [2.24, 2.45) is 0 Å². The number of methoxy groups -OCH3 is 1. The average molecular weight is 504 g/mol. The molecule has 0 fully saturated rings. The van der Waals surface area contributed by atoms with Crippen molar-refractivity contribution in [2.75, 3.05) is 13.7 Å². The second-order valence-electron chi connectivity index (χ2n) is 8.49. The zero-order valence-corrected chi connectivity index (χ0v) is 21.4. The molecule has 0 unspecified atom stereocenters. The third-order valence-electron chi connectivity index (χ3n) is 6.07. The van der Waals surface area contributed by atoms with E-state index in [0.29, 0.717) is 18.7 Å². The van der Waals surface area contributed by atoms with Crippen LogP contribution in [0.2, 0.25) is 0 Å². The molecule has 8 heteroatoms. The summed E-state index contributed by atoms with van der Waals surface area (Å²) in [5, 5.41) is 15.1. The molecule has 4 aromatic rings. The minimum Gasteiger partial charge on any atom is -0.497 e. The number of rotatable bonds is 10. The van der Waals surface area contributed by atoms with Gasteiger partial charge in [-0.25, -0.2) is 9.78 Å². The van der Waals surface area contributed by atoms with Crippen LogP contribution >= 0.6 is 11.3 Å². The third-order valence-corrected chi connectivity index (χ3v) is 6.96. The molecule has 0 aliphatic heterocycles. The summed E-state index contributed by atoms with van der Waals surface area (Å²) >= 11 is 1.54. The fourth-order valence-electron chi connectivity index (χ4n) is 3.96. The summed E-state index contributed by atoms with van der Waals surface area (Å²) in [5.74, 6) is -0.278. The van der Waals surface area contributed by atoms with Crippen molar-refractivity contribution in [3.05, 3.63) is 82.4 Å². The van der Waals surface area contributed by atoms with Crippen LogP contribution in [0, 0.1) is 6.92 Å². The van der Waals surface area contributed by atoms with Gasteiger partial charge >= 0.3 is 5.97 Å². The van der Waals surface area contributed by atoms with Crippen LogP contribution in [0.25, 0.3) is 22.0 Å². The van der Waals surface area contributed by atoms with Crippen molar-refractivity contribution in [3.8, 4) is 27.7 Å². The van der Waals surface area contributed by atoms with Crippen LogP contribution in [-0.4, -0.2) is 40.2 Å². The first-order valence-corrected chi connectivity index (χ1v) is 12.7. The number of hydrogen-bond acceptors (Lipinski definition) is 5. The molecule has 0 bridgehead atoms. The molecule has 0 atom stereocenters. The van der Waals surface area contributed by atoms with E-state index in [9.17, 15) is 14.7 Å². The predicted molar refractivity (Wildman–Crippen MR) is 142 cm³/mol. The zero-order chi connectivity index (χ0) is 25.7. The van der Waals surface area contributed by atoms with Gasteiger partial charge in [-0.2, -0.15) is 0 Å². The number of carbonyl (C=O) groups excluding carboxylic acids is 1. The molecule has 0 saturated carbocycles. The largest absolute Gasteiger partial charge is 0.497 e. The maximum Gasteiger partial charge on any atom is 0.335 e. The molecule has 2 aromatic heterocycles. The number of benzene rings is 2. The molecule has 36 heavy (non-hydrogen) atoms. The summed E-state index contributed by atoms with van der Waals surface area (Å²) in [6.07, 6.45) is 1.93. The Morgan fingerprint density at radius 3 is 2.47 bits per heavy atom. The number of ether oxygens (including phenoxy) is 1. The standard InChI is InChI=1S/C28H29N3O4S/c1-4-5-14-29-26(32)23-15-25(24-17-36-27(30-24)20-10-12-22(35-3)13-11-20)31(18(23)2)16-19-6-8-21(9-7-19)28(33)34/h6-13,15,17H,4-5,14,16H2,1-3H3,(H,29,32)(H,33,34). The molecule has 2 aromatic carbocycles. The van der Waals surface area contributed by atoms with Crippen molar-refractivity contribution in [2.45, 2.75) is 33.2 Å². The lowest BCUT2D eigenvalue weighted by atomic mass is 10.1. The SMILES string of the molecule is CCCCNC(=O)c1cc(-c2csc(-c3ccc(OC)cc3)n2)n(Cc2ccc(C(=O)O)cc2)c1C. The van der Waals surface area contributed by atoms with Gasteiger partial charge in [-0.3, -0.25) is 4.79 Å². The fraction of sp³-hybridized carbons (Fsp3) is 0.250. The van der Waals surface area contributed by atoms with Gasteiger partial charge in [0.1, 0.15) is 10.8 Å². The van der Waals surface area contributed by atoms with Gasteiger partial charge in [0.05, 0.1) is 29.6 Å². The molecule has 1 amide bonds. The number of carboxylic acid groups (broad SMARTS) is 1. The minimum absolute atomic E-state index is 0.104. The lowest BCUT2D eigenvalue weighted by Gasteiger charge is -2.12. The number of nitrogens with one attached hydrogen (secondary N) is 1. The Hall–Kier alpha value is -3.91. The lowest BCUT2D eigenvalue weighted by molar-refractivity contribution is 0.0696. The van der Waals surface area contributed by atoms with Crippen LogP contribution in [-0.2, 0) is 6.54 Å². The number of unbranched alkanes of at least 4 members (excludes halogenated alkanes) is 1. The second kappa shape index (κ2) is 11.2. The summed E-state index contributed by atoms with van der Waals surface area (Å²) in [6.45, 7) is 5.13. The van der Waals surface area contributed by atoms with Crippen molar-refractivity contribution >= 4 is 23.2 Å². The van der Waals surface area contributed by atoms with Gasteiger partial charge in [-0.05, 0) is 61.4 Å². The molecule has 0 aliphatic rings. The normalized spacial score (nSPS) is 10.9. The van der Waals surface area contributed by atoms with Crippen molar-refractivity contribution in [1.29, 1.82) is 0 Å². The van der Waals surface area contributed by atoms with E-state index < -0.39 is 5.97 Å². The number of carboxylic acids is 1. The number of thiazole rings is 1. The molecule has 0 saturated heterocycles. The predicted octanol–water partition coefficient (Wildman–Crippen LogP) is 5.87. The Bertz CT molecular complexity index is 1350. The first-order chi connectivity index (χ1) is 17.4. The van der Waals surface area contributed by atoms with Crippen molar-refractivity contribution in [1.82, 2.24) is 14.9 Å². The van der Waals surface area contributed by atoms with Crippen molar-refractivity contribution in [3.63, 3.8) is 0 Å². The summed E-state index contributed by atoms with van der Waals surface area (Å²) in [4.78, 5) is 29.1. The minimum atomic E-state index is -0.959. The Morgan fingerprint density at radius 2 is 1.83 bits per heavy atom. The topological polar surface area (TPSA) is 93.5 Å². The molecule has 0 spiro atoms. The van der Waals surface area contributed by atoms with E-state index in [1.807, 2.05) is 42.6 Å². The van der Waals surface area contributed by atoms with Crippen LogP contribution in [0.1, 0.15) is 51.7 Å². The van der Waals surface area contributed by atoms with Gasteiger partial charge in [0.25, 0.3) is 5.91 Å². The van der Waals surface area contributed by atoms with Gasteiger partial charge in [0.15, 0.2) is 0 Å². The molecular weight excluding hydrogens is 474 g/mol. The Morgan fingerprint density at radius 1 is 1.11 bits per heavy atom. The van der Waals surface area contributed by atoms with Crippen LogP contribution < -0.4 is 10.1 Å². The molecule has 0 radical (unpaired) electrons. The highest BCUT2D eigenvalue weighted by Gasteiger charge is 2.20. The van der Waals surface area contributed by atoms with Crippen LogP contribution in [0.5, 0.6) is 5.75 Å². The summed E-state index contributed by atoms with van der Waals surface area (Å²) in [5.41, 5.74) is 5.23. The highest BCUT2D eigenvalue weighted by molar-refractivity contribution is 7.13. The Balaban J connectivity index is 1.70. The van der Waals surface area contributed by atoms with E-state index in [1.54, 1.807) is 42.7 Å². The quantitative estimate of drug-likeness (QED) is 0.264. The fourth-order valence-corrected chi connectivity index (χ4v) is 4.78. The first-order valence-electron chi connectivity index (χ1n) is 11.8. The number of aromatic carboxylic acids is 1. The van der Waals surface area contributed by atoms with Crippen LogP contribution in [0.3, 0.4) is 0 Å². The van der Waals surface area contributed by atoms with Gasteiger partial charge in [0, 0.05) is 29.7 Å². The number of carbonyl (C=O) groups is 2. The second-order valence-corrected chi connectivity index (χ2v) is 9.35. The van der Waals surface area contributed by atoms with Crippen molar-refractivity contribution < 1.29 is 19.4 Å². The molecule has 0 aliphatic carbocycles. The number of aromatic nitrogens is 2. The molecule has 7 nitrogen and oxygen atoms in total. The maximum atomic E-state index is 13.0. The van der Waals surface area contributed by atoms with E-state index in [0.717, 1.165) is 51.8 Å². The highest BCUT2D eigenvalue weighted by Crippen LogP contribution is 2.32. The summed E-state index contributed by atoms with van der Waals surface area (Å²) in [6, 6.07) is 16.5. The first kappa shape index (κ1) is 25.2. The van der Waals surface area contributed by atoms with E-state index in [1.165, 1.54) is 0 Å². The number of amides is 1. The maximum absolute atomic E-state index is 13.0. The smallest absolute Gasteiger partial charge is 0.335 e. The highest BCUT2D eigenvalue weighted by atomic mass is 32.1. The average Bonchev–Trinajstić information content (AvgIpc) is 3.50. The monoisotopic (exact) mass is 503 g/mol. The summed E-state index contributed by atoms with van der Waals surface area (Å²) in [7, 11) is 1.64. The van der Waals surface area contributed by atoms with E-state index in [2.05, 4.69) is 16.8 Å². The number of nitrogens with zero attached hydrogens (tertiary/aromatic N) is 2. The van der Waals surface area contributed by atoms with Crippen LogP contribution in [0.4, 0.5) is 0 Å². The molecule has 2 N–H and O–H groups in total. The van der Waals surface area contributed by atoms with E-state index >= 15 is 0 Å². The van der Waals surface area contributed by atoms with E-state index in [4.69, 9.17) is 9.72 Å². The molecule has 4 rings (SSSR count). The Kier molecular flexibility index (Phi) is 7.85. The van der Waals surface area contributed by atoms with Gasteiger partial charge in [-0.1, -0.05) is 25.5 Å². The van der Waals surface area contributed by atoms with Gasteiger partial charge in [-0.15, -0.1) is 11.3 Å². The molecule has 186 valence electrons. The molecular formula is C28H29N3O4S. The zero-order valence-electron chi connectivity index (χ0n) is 20.6. The molecule has 2 heterocycles. The lowest BCUT2D eigenvalue weighted by Crippen LogP contribution is -2.24. The summed E-state index contributed by atoms with van der Waals surface area (Å²) < 4.78 is 7.32.